The van der Waals surface area contributed by atoms with Gasteiger partial charge in [-0.3, -0.25) is 4.79 Å². The Balaban J connectivity index is 2.06. The summed E-state index contributed by atoms with van der Waals surface area (Å²) in [5.41, 5.74) is 6.22. The molecule has 0 aromatic carbocycles. The van der Waals surface area contributed by atoms with Crippen LogP contribution in [0.15, 0.2) is 31.0 Å². The monoisotopic (exact) mass is 246 g/mol. The number of anilines is 1. The largest absolute Gasteiger partial charge is 0.323 e. The van der Waals surface area contributed by atoms with E-state index in [1.165, 1.54) is 11.0 Å². The summed E-state index contributed by atoms with van der Waals surface area (Å²) in [6.45, 7) is 1.86. The van der Waals surface area contributed by atoms with E-state index in [0.717, 1.165) is 0 Å². The van der Waals surface area contributed by atoms with Crippen LogP contribution < -0.4 is 11.1 Å². The Labute approximate surface area is 104 Å². The first kappa shape index (κ1) is 12.2. The van der Waals surface area contributed by atoms with Gasteiger partial charge < -0.3 is 11.1 Å². The van der Waals surface area contributed by atoms with Gasteiger partial charge in [0.2, 0.25) is 5.91 Å². The number of carbonyl (C=O) groups is 1. The molecule has 0 radical (unpaired) electrons. The van der Waals surface area contributed by atoms with Gasteiger partial charge in [0.1, 0.15) is 12.7 Å². The molecule has 1 amide bonds. The fraction of sp³-hybridized carbons (Fsp3) is 0.273. The molecule has 0 aliphatic carbocycles. The van der Waals surface area contributed by atoms with Crippen LogP contribution in [-0.2, 0) is 4.79 Å². The van der Waals surface area contributed by atoms with E-state index in [-0.39, 0.29) is 5.91 Å². The Kier molecular flexibility index (Phi) is 3.63. The average molecular weight is 246 g/mol. The lowest BCUT2D eigenvalue weighted by Crippen LogP contribution is -2.34. The number of aromatic nitrogens is 4. The molecule has 2 aromatic rings. The van der Waals surface area contributed by atoms with Crippen molar-refractivity contribution >= 4 is 11.6 Å². The molecule has 1 unspecified atom stereocenters. The number of hydrogen-bond acceptors (Lipinski definition) is 5. The van der Waals surface area contributed by atoms with Crippen LogP contribution in [0.4, 0.5) is 5.69 Å². The minimum Gasteiger partial charge on any atom is -0.323 e. The Morgan fingerprint density at radius 3 is 2.94 bits per heavy atom. The molecule has 0 saturated carbocycles. The molecular weight excluding hydrogens is 232 g/mol. The second-order valence-electron chi connectivity index (χ2n) is 3.75. The van der Waals surface area contributed by atoms with Gasteiger partial charge in [-0.25, -0.2) is 14.6 Å². The Bertz CT molecular complexity index is 507. The third kappa shape index (κ3) is 2.69. The van der Waals surface area contributed by atoms with Crippen LogP contribution in [-0.4, -0.2) is 31.7 Å². The van der Waals surface area contributed by atoms with Gasteiger partial charge >= 0.3 is 0 Å². The summed E-state index contributed by atoms with van der Waals surface area (Å²) < 4.78 is 1.53. The molecule has 1 atom stereocenters. The minimum atomic E-state index is -0.500. The van der Waals surface area contributed by atoms with Crippen LogP contribution in [0.2, 0.25) is 0 Å². The van der Waals surface area contributed by atoms with Crippen molar-refractivity contribution in [1.82, 2.24) is 19.7 Å². The molecule has 7 nitrogen and oxygen atoms in total. The minimum absolute atomic E-state index is 0.215. The molecule has 0 aliphatic rings. The smallest absolute Gasteiger partial charge is 0.241 e. The average Bonchev–Trinajstić information content (AvgIpc) is 2.92. The summed E-state index contributed by atoms with van der Waals surface area (Å²) in [6, 6.07) is 2.98. The number of amides is 1. The molecule has 3 N–H and O–H groups in total. The van der Waals surface area contributed by atoms with Crippen molar-refractivity contribution in [1.29, 1.82) is 0 Å². The van der Waals surface area contributed by atoms with Gasteiger partial charge in [0, 0.05) is 0 Å². The second-order valence-corrected chi connectivity index (χ2v) is 3.75. The molecule has 2 aromatic heterocycles. The van der Waals surface area contributed by atoms with Crippen molar-refractivity contribution in [2.75, 3.05) is 5.32 Å². The lowest BCUT2D eigenvalue weighted by Gasteiger charge is -2.09. The summed E-state index contributed by atoms with van der Waals surface area (Å²) in [7, 11) is 0. The van der Waals surface area contributed by atoms with E-state index in [1.807, 2.05) is 6.92 Å². The van der Waals surface area contributed by atoms with E-state index in [1.54, 1.807) is 24.7 Å². The van der Waals surface area contributed by atoms with Crippen molar-refractivity contribution in [2.45, 2.75) is 19.4 Å². The Morgan fingerprint density at radius 1 is 1.56 bits per heavy atom. The summed E-state index contributed by atoms with van der Waals surface area (Å²) >= 11 is 0. The van der Waals surface area contributed by atoms with Crippen LogP contribution >= 0.6 is 0 Å². The topological polar surface area (TPSA) is 98.7 Å². The van der Waals surface area contributed by atoms with Crippen LogP contribution in [0.5, 0.6) is 0 Å². The highest BCUT2D eigenvalue weighted by atomic mass is 16.2. The number of nitrogens with zero attached hydrogens (tertiary/aromatic N) is 4. The molecule has 2 rings (SSSR count). The molecule has 0 bridgehead atoms. The Hall–Kier alpha value is -2.28. The molecular formula is C11H14N6O. The van der Waals surface area contributed by atoms with Gasteiger partial charge in [0.15, 0.2) is 5.82 Å². The SMILES string of the molecule is CCC(N)C(=O)Nc1ccc(-n2cncn2)nc1. The van der Waals surface area contributed by atoms with Gasteiger partial charge in [-0.2, -0.15) is 5.10 Å². The highest BCUT2D eigenvalue weighted by Gasteiger charge is 2.11. The number of pyridine rings is 1. The third-order valence-corrected chi connectivity index (χ3v) is 2.45. The normalized spacial score (nSPS) is 12.1. The van der Waals surface area contributed by atoms with Gasteiger partial charge in [-0.1, -0.05) is 6.92 Å². The molecule has 7 heteroatoms. The second kappa shape index (κ2) is 5.37. The van der Waals surface area contributed by atoms with Crippen molar-refractivity contribution in [3.8, 4) is 5.82 Å². The van der Waals surface area contributed by atoms with Crippen LogP contribution in [0, 0.1) is 0 Å². The lowest BCUT2D eigenvalue weighted by molar-refractivity contribution is -0.117. The molecule has 0 fully saturated rings. The van der Waals surface area contributed by atoms with E-state index in [2.05, 4.69) is 20.4 Å². The number of carbonyl (C=O) groups excluding carboxylic acids is 1. The van der Waals surface area contributed by atoms with Crippen molar-refractivity contribution < 1.29 is 4.79 Å². The van der Waals surface area contributed by atoms with E-state index in [9.17, 15) is 4.79 Å². The number of nitrogens with two attached hydrogens (primary N) is 1. The highest BCUT2D eigenvalue weighted by Crippen LogP contribution is 2.09. The maximum Gasteiger partial charge on any atom is 0.241 e. The van der Waals surface area contributed by atoms with Gasteiger partial charge in [0.25, 0.3) is 0 Å². The maximum absolute atomic E-state index is 11.6. The standard InChI is InChI=1S/C11H14N6O/c1-2-9(12)11(18)16-8-3-4-10(14-5-8)17-7-13-6-15-17/h3-7,9H,2,12H2,1H3,(H,16,18). The van der Waals surface area contributed by atoms with Crippen LogP contribution in [0.3, 0.4) is 0 Å². The molecule has 18 heavy (non-hydrogen) atoms. The highest BCUT2D eigenvalue weighted by molar-refractivity contribution is 5.94. The number of hydrogen-bond donors (Lipinski definition) is 2. The summed E-state index contributed by atoms with van der Waals surface area (Å²) in [4.78, 5) is 19.6. The van der Waals surface area contributed by atoms with Gasteiger partial charge in [0.05, 0.1) is 17.9 Å². The van der Waals surface area contributed by atoms with E-state index < -0.39 is 6.04 Å². The van der Waals surface area contributed by atoms with Gasteiger partial charge in [-0.15, -0.1) is 0 Å². The van der Waals surface area contributed by atoms with E-state index in [4.69, 9.17) is 5.73 Å². The quantitative estimate of drug-likeness (QED) is 0.810. The summed E-state index contributed by atoms with van der Waals surface area (Å²) in [5, 5.41) is 6.65. The Morgan fingerprint density at radius 2 is 2.39 bits per heavy atom. The zero-order valence-corrected chi connectivity index (χ0v) is 9.95. The zero-order valence-electron chi connectivity index (χ0n) is 9.95. The van der Waals surface area contributed by atoms with Crippen molar-refractivity contribution in [3.63, 3.8) is 0 Å². The number of nitrogens with one attached hydrogen (secondary N) is 1. The first-order valence-electron chi connectivity index (χ1n) is 5.58. The molecule has 0 saturated heterocycles. The molecule has 94 valence electrons. The summed E-state index contributed by atoms with van der Waals surface area (Å²) in [6.07, 6.45) is 5.12. The number of rotatable bonds is 4. The third-order valence-electron chi connectivity index (χ3n) is 2.45. The van der Waals surface area contributed by atoms with Crippen LogP contribution in [0.25, 0.3) is 5.82 Å². The lowest BCUT2D eigenvalue weighted by atomic mass is 10.2. The van der Waals surface area contributed by atoms with Gasteiger partial charge in [-0.05, 0) is 18.6 Å². The molecule has 0 aliphatic heterocycles. The zero-order chi connectivity index (χ0) is 13.0. The first-order chi connectivity index (χ1) is 8.70. The molecule has 0 spiro atoms. The molecule has 2 heterocycles. The van der Waals surface area contributed by atoms with E-state index >= 15 is 0 Å². The van der Waals surface area contributed by atoms with E-state index in [0.29, 0.717) is 17.9 Å². The summed E-state index contributed by atoms with van der Waals surface area (Å²) in [5.74, 6) is 0.415. The van der Waals surface area contributed by atoms with Crippen LogP contribution in [0.1, 0.15) is 13.3 Å². The fourth-order valence-corrected chi connectivity index (χ4v) is 1.34. The van der Waals surface area contributed by atoms with Crippen molar-refractivity contribution in [3.05, 3.63) is 31.0 Å². The first-order valence-corrected chi connectivity index (χ1v) is 5.58. The maximum atomic E-state index is 11.6. The fourth-order valence-electron chi connectivity index (χ4n) is 1.34. The predicted molar refractivity (Wildman–Crippen MR) is 66.1 cm³/mol. The van der Waals surface area contributed by atoms with Crippen molar-refractivity contribution in [2.24, 2.45) is 5.73 Å². The predicted octanol–water partition coefficient (Wildman–Crippen LogP) is 0.338.